The van der Waals surface area contributed by atoms with E-state index in [1.807, 2.05) is 43.3 Å². The number of carbonyl (C=O) groups is 1. The molecule has 6 heteroatoms. The summed E-state index contributed by atoms with van der Waals surface area (Å²) in [6.45, 7) is 1.85. The van der Waals surface area contributed by atoms with Crippen LogP contribution < -0.4 is 5.32 Å². The summed E-state index contributed by atoms with van der Waals surface area (Å²) in [6, 6.07) is 17.2. The third-order valence-corrected chi connectivity index (χ3v) is 4.23. The zero-order valence-corrected chi connectivity index (χ0v) is 14.4. The van der Waals surface area contributed by atoms with Crippen LogP contribution in [0.2, 0.25) is 0 Å². The van der Waals surface area contributed by atoms with Gasteiger partial charge in [-0.05, 0) is 37.3 Å². The van der Waals surface area contributed by atoms with Crippen molar-refractivity contribution >= 4 is 23.4 Å². The van der Waals surface area contributed by atoms with E-state index in [0.29, 0.717) is 16.4 Å². The number of para-hydroxylation sites is 1. The van der Waals surface area contributed by atoms with Crippen molar-refractivity contribution in [2.45, 2.75) is 11.9 Å². The van der Waals surface area contributed by atoms with Crippen molar-refractivity contribution in [2.75, 3.05) is 11.1 Å². The molecule has 0 aliphatic carbocycles. The molecule has 0 unspecified atom stereocenters. The van der Waals surface area contributed by atoms with Crippen molar-refractivity contribution < 1.29 is 9.18 Å². The molecule has 2 aromatic carbocycles. The minimum atomic E-state index is -0.334. The van der Waals surface area contributed by atoms with E-state index in [0.717, 1.165) is 11.4 Å². The summed E-state index contributed by atoms with van der Waals surface area (Å²) in [4.78, 5) is 20.8. The fourth-order valence-electron chi connectivity index (χ4n) is 2.23. The van der Waals surface area contributed by atoms with Crippen LogP contribution in [0.3, 0.4) is 0 Å². The zero-order chi connectivity index (χ0) is 17.6. The summed E-state index contributed by atoms with van der Waals surface area (Å²) >= 11 is 1.32. The summed E-state index contributed by atoms with van der Waals surface area (Å²) in [7, 11) is 0. The van der Waals surface area contributed by atoms with E-state index >= 15 is 0 Å². The molecule has 1 amide bonds. The maximum atomic E-state index is 13.4. The Hall–Kier alpha value is -2.73. The lowest BCUT2D eigenvalue weighted by Gasteiger charge is -2.07. The van der Waals surface area contributed by atoms with Gasteiger partial charge < -0.3 is 5.32 Å². The number of benzene rings is 2. The minimum absolute atomic E-state index is 0.111. The smallest absolute Gasteiger partial charge is 0.234 e. The number of aryl methyl sites for hydroxylation is 1. The highest BCUT2D eigenvalue weighted by atomic mass is 32.2. The van der Waals surface area contributed by atoms with Gasteiger partial charge in [0.1, 0.15) is 10.8 Å². The maximum absolute atomic E-state index is 13.4. The average molecular weight is 353 g/mol. The van der Waals surface area contributed by atoms with Crippen LogP contribution >= 0.6 is 11.8 Å². The average Bonchev–Trinajstić information content (AvgIpc) is 2.60. The molecule has 3 aromatic rings. The first kappa shape index (κ1) is 17.1. The van der Waals surface area contributed by atoms with Crippen LogP contribution in [0.1, 0.15) is 5.69 Å². The molecule has 0 atom stereocenters. The van der Waals surface area contributed by atoms with E-state index in [4.69, 9.17) is 0 Å². The molecule has 0 aliphatic heterocycles. The van der Waals surface area contributed by atoms with Crippen LogP contribution in [0.15, 0.2) is 65.7 Å². The number of rotatable bonds is 5. The number of nitrogens with zero attached hydrogens (tertiary/aromatic N) is 2. The Morgan fingerprint density at radius 2 is 1.88 bits per heavy atom. The molecule has 1 N–H and O–H groups in total. The van der Waals surface area contributed by atoms with Gasteiger partial charge in [0.2, 0.25) is 5.91 Å². The van der Waals surface area contributed by atoms with Crippen molar-refractivity contribution in [3.8, 4) is 11.4 Å². The van der Waals surface area contributed by atoms with E-state index in [1.165, 1.54) is 23.9 Å². The molecule has 126 valence electrons. The van der Waals surface area contributed by atoms with E-state index in [2.05, 4.69) is 15.3 Å². The van der Waals surface area contributed by atoms with Gasteiger partial charge in [0.15, 0.2) is 5.82 Å². The number of hydrogen-bond acceptors (Lipinski definition) is 4. The fraction of sp³-hybridized carbons (Fsp3) is 0.105. The third-order valence-electron chi connectivity index (χ3n) is 3.32. The molecule has 3 rings (SSSR count). The lowest BCUT2D eigenvalue weighted by atomic mass is 10.2. The Bertz CT molecular complexity index is 887. The SMILES string of the molecule is Cc1cc(SCC(=O)Nc2ccccc2)nc(-c2cccc(F)c2)n1. The van der Waals surface area contributed by atoms with Crippen molar-refractivity contribution in [3.05, 3.63) is 72.2 Å². The number of aromatic nitrogens is 2. The van der Waals surface area contributed by atoms with Gasteiger partial charge in [0.25, 0.3) is 0 Å². The number of thioether (sulfide) groups is 1. The Morgan fingerprint density at radius 3 is 2.64 bits per heavy atom. The van der Waals surface area contributed by atoms with Gasteiger partial charge >= 0.3 is 0 Å². The maximum Gasteiger partial charge on any atom is 0.234 e. The van der Waals surface area contributed by atoms with Gasteiger partial charge in [-0.15, -0.1) is 0 Å². The first-order valence-corrected chi connectivity index (χ1v) is 8.68. The molecule has 1 aromatic heterocycles. The molecular weight excluding hydrogens is 337 g/mol. The summed E-state index contributed by atoms with van der Waals surface area (Å²) in [5, 5.41) is 3.50. The molecule has 25 heavy (non-hydrogen) atoms. The Morgan fingerprint density at radius 1 is 1.08 bits per heavy atom. The normalized spacial score (nSPS) is 10.5. The second kappa shape index (κ2) is 7.90. The Balaban J connectivity index is 1.69. The lowest BCUT2D eigenvalue weighted by molar-refractivity contribution is -0.113. The van der Waals surface area contributed by atoms with Crippen molar-refractivity contribution in [2.24, 2.45) is 0 Å². The molecule has 0 fully saturated rings. The molecule has 1 heterocycles. The molecule has 0 bridgehead atoms. The molecule has 0 radical (unpaired) electrons. The second-order valence-corrected chi connectivity index (χ2v) is 6.38. The number of halogens is 1. The van der Waals surface area contributed by atoms with Gasteiger partial charge in [-0.1, -0.05) is 42.1 Å². The first-order valence-electron chi connectivity index (χ1n) is 7.69. The van der Waals surface area contributed by atoms with Crippen LogP contribution in [0.4, 0.5) is 10.1 Å². The van der Waals surface area contributed by atoms with Gasteiger partial charge in [-0.25, -0.2) is 14.4 Å². The molecular formula is C19H16FN3OS. The van der Waals surface area contributed by atoms with Crippen LogP contribution in [0.25, 0.3) is 11.4 Å². The highest BCUT2D eigenvalue weighted by molar-refractivity contribution is 7.99. The first-order chi connectivity index (χ1) is 12.1. The van der Waals surface area contributed by atoms with Gasteiger partial charge in [-0.2, -0.15) is 0 Å². The molecule has 4 nitrogen and oxygen atoms in total. The van der Waals surface area contributed by atoms with Crippen molar-refractivity contribution in [1.29, 1.82) is 0 Å². The van der Waals surface area contributed by atoms with Crippen LogP contribution in [0, 0.1) is 12.7 Å². The van der Waals surface area contributed by atoms with Crippen LogP contribution in [-0.4, -0.2) is 21.6 Å². The largest absolute Gasteiger partial charge is 0.325 e. The lowest BCUT2D eigenvalue weighted by Crippen LogP contribution is -2.14. The number of amides is 1. The Kier molecular flexibility index (Phi) is 5.40. The molecule has 0 saturated heterocycles. The summed E-state index contributed by atoms with van der Waals surface area (Å²) in [5.74, 6) is 0.234. The number of carbonyl (C=O) groups excluding carboxylic acids is 1. The van der Waals surface area contributed by atoms with E-state index < -0.39 is 0 Å². The summed E-state index contributed by atoms with van der Waals surface area (Å²) < 4.78 is 13.4. The van der Waals surface area contributed by atoms with Gasteiger partial charge in [0, 0.05) is 16.9 Å². The molecule has 0 saturated carbocycles. The Labute approximate surface area is 149 Å². The topological polar surface area (TPSA) is 54.9 Å². The minimum Gasteiger partial charge on any atom is -0.325 e. The summed E-state index contributed by atoms with van der Waals surface area (Å²) in [6.07, 6.45) is 0. The highest BCUT2D eigenvalue weighted by Crippen LogP contribution is 2.22. The number of anilines is 1. The zero-order valence-electron chi connectivity index (χ0n) is 13.6. The standard InChI is InChI=1S/C19H16FN3OS/c1-13-10-18(23-19(21-13)14-6-5-7-15(20)11-14)25-12-17(24)22-16-8-3-2-4-9-16/h2-11H,12H2,1H3,(H,22,24). The van der Waals surface area contributed by atoms with E-state index in [1.54, 1.807) is 12.1 Å². The van der Waals surface area contributed by atoms with Crippen LogP contribution in [-0.2, 0) is 4.79 Å². The fourth-order valence-corrected chi connectivity index (χ4v) is 2.98. The summed E-state index contributed by atoms with van der Waals surface area (Å²) in [5.41, 5.74) is 2.13. The monoisotopic (exact) mass is 353 g/mol. The number of nitrogens with one attached hydrogen (secondary N) is 1. The highest BCUT2D eigenvalue weighted by Gasteiger charge is 2.09. The molecule has 0 aliphatic rings. The third kappa shape index (κ3) is 4.87. The van der Waals surface area contributed by atoms with Gasteiger partial charge in [-0.3, -0.25) is 4.79 Å². The van der Waals surface area contributed by atoms with Crippen molar-refractivity contribution in [3.63, 3.8) is 0 Å². The van der Waals surface area contributed by atoms with Gasteiger partial charge in [0.05, 0.1) is 5.75 Å². The molecule has 0 spiro atoms. The van der Waals surface area contributed by atoms with E-state index in [9.17, 15) is 9.18 Å². The quantitative estimate of drug-likeness (QED) is 0.548. The van der Waals surface area contributed by atoms with E-state index in [-0.39, 0.29) is 17.5 Å². The van der Waals surface area contributed by atoms with Crippen molar-refractivity contribution in [1.82, 2.24) is 9.97 Å². The van der Waals surface area contributed by atoms with Crippen LogP contribution in [0.5, 0.6) is 0 Å². The predicted molar refractivity (Wildman–Crippen MR) is 98.0 cm³/mol. The number of hydrogen-bond donors (Lipinski definition) is 1. The second-order valence-electron chi connectivity index (χ2n) is 5.38. The predicted octanol–water partition coefficient (Wildman–Crippen LogP) is 4.32.